The Labute approximate surface area is 173 Å². The zero-order valence-corrected chi connectivity index (χ0v) is 17.4. The fraction of sp³-hybridized carbons (Fsp3) is 0.417. The van der Waals surface area contributed by atoms with Crippen molar-refractivity contribution in [1.82, 2.24) is 4.57 Å². The summed E-state index contributed by atoms with van der Waals surface area (Å²) < 4.78 is 2.41. The first-order valence-corrected chi connectivity index (χ1v) is 10.5. The number of aromatic hydroxyl groups is 2. The van der Waals surface area contributed by atoms with Gasteiger partial charge in [0.25, 0.3) is 0 Å². The molecule has 29 heavy (non-hydrogen) atoms. The Morgan fingerprint density at radius 1 is 0.931 bits per heavy atom. The highest BCUT2D eigenvalue weighted by molar-refractivity contribution is 5.92. The van der Waals surface area contributed by atoms with Gasteiger partial charge in [-0.1, -0.05) is 13.3 Å². The molecule has 0 amide bonds. The van der Waals surface area contributed by atoms with E-state index in [1.165, 1.54) is 0 Å². The third-order valence-electron chi connectivity index (χ3n) is 6.03. The zero-order valence-electron chi connectivity index (χ0n) is 17.4. The van der Waals surface area contributed by atoms with Gasteiger partial charge in [-0.3, -0.25) is 0 Å². The lowest BCUT2D eigenvalue weighted by Gasteiger charge is -2.23. The van der Waals surface area contributed by atoms with E-state index in [0.29, 0.717) is 25.0 Å². The SMILES string of the molecule is CCC(CCCC(CN)CN)n1c(-c2ccc(O)cc2)c(C)c2cc(O)ccc21. The smallest absolute Gasteiger partial charge is 0.116 e. The molecule has 3 aromatic rings. The Balaban J connectivity index is 2.06. The fourth-order valence-electron chi connectivity index (χ4n) is 4.31. The van der Waals surface area contributed by atoms with Crippen LogP contribution in [0.2, 0.25) is 0 Å². The van der Waals surface area contributed by atoms with Gasteiger partial charge in [0.05, 0.1) is 5.69 Å². The van der Waals surface area contributed by atoms with E-state index >= 15 is 0 Å². The molecule has 1 heterocycles. The molecular formula is C24H33N3O2. The summed E-state index contributed by atoms with van der Waals surface area (Å²) in [5.41, 5.74) is 16.1. The molecule has 0 aliphatic rings. The van der Waals surface area contributed by atoms with Crippen molar-refractivity contribution in [3.63, 3.8) is 0 Å². The largest absolute Gasteiger partial charge is 0.508 e. The molecule has 1 unspecified atom stereocenters. The van der Waals surface area contributed by atoms with Crippen molar-refractivity contribution in [3.8, 4) is 22.8 Å². The van der Waals surface area contributed by atoms with Crippen molar-refractivity contribution in [1.29, 1.82) is 0 Å². The predicted molar refractivity (Wildman–Crippen MR) is 120 cm³/mol. The van der Waals surface area contributed by atoms with E-state index in [0.717, 1.165) is 53.4 Å². The minimum absolute atomic E-state index is 0.258. The normalized spacial score (nSPS) is 12.7. The lowest BCUT2D eigenvalue weighted by atomic mass is 9.98. The number of hydrogen-bond donors (Lipinski definition) is 4. The van der Waals surface area contributed by atoms with E-state index in [9.17, 15) is 10.2 Å². The molecule has 0 bridgehead atoms. The summed E-state index contributed by atoms with van der Waals surface area (Å²) in [5, 5.41) is 20.8. The van der Waals surface area contributed by atoms with Gasteiger partial charge >= 0.3 is 0 Å². The average molecular weight is 396 g/mol. The van der Waals surface area contributed by atoms with Crippen molar-refractivity contribution in [3.05, 3.63) is 48.0 Å². The first-order valence-electron chi connectivity index (χ1n) is 10.5. The number of benzene rings is 2. The Morgan fingerprint density at radius 3 is 2.21 bits per heavy atom. The maximum absolute atomic E-state index is 10.0. The zero-order chi connectivity index (χ0) is 21.0. The lowest BCUT2D eigenvalue weighted by molar-refractivity contribution is 0.407. The molecule has 5 nitrogen and oxygen atoms in total. The molecule has 0 fully saturated rings. The van der Waals surface area contributed by atoms with Gasteiger partial charge in [0.1, 0.15) is 11.5 Å². The molecule has 2 aromatic carbocycles. The Hall–Kier alpha value is -2.50. The minimum Gasteiger partial charge on any atom is -0.508 e. The molecule has 6 N–H and O–H groups in total. The van der Waals surface area contributed by atoms with E-state index in [4.69, 9.17) is 11.5 Å². The molecule has 5 heteroatoms. The van der Waals surface area contributed by atoms with Gasteiger partial charge in [-0.05, 0) is 98.8 Å². The van der Waals surface area contributed by atoms with Gasteiger partial charge in [-0.25, -0.2) is 0 Å². The summed E-state index contributed by atoms with van der Waals surface area (Å²) >= 11 is 0. The standard InChI is InChI=1S/C24H33N3O2/c1-3-19(6-4-5-17(14-25)15-26)27-23-12-11-21(29)13-22(23)16(2)24(27)18-7-9-20(28)10-8-18/h7-13,17,19,28-29H,3-6,14-15,25-26H2,1-2H3. The minimum atomic E-state index is 0.258. The first kappa shape index (κ1) is 21.2. The van der Waals surface area contributed by atoms with Crippen LogP contribution in [0.15, 0.2) is 42.5 Å². The molecule has 1 atom stereocenters. The topological polar surface area (TPSA) is 97.4 Å². The van der Waals surface area contributed by atoms with Crippen molar-refractivity contribution in [2.75, 3.05) is 13.1 Å². The molecule has 0 saturated carbocycles. The van der Waals surface area contributed by atoms with Crippen LogP contribution in [0.25, 0.3) is 22.2 Å². The highest BCUT2D eigenvalue weighted by atomic mass is 16.3. The molecule has 0 radical (unpaired) electrons. The summed E-state index contributed by atoms with van der Waals surface area (Å²) in [6, 6.07) is 13.3. The number of fused-ring (bicyclic) bond motifs is 1. The summed E-state index contributed by atoms with van der Waals surface area (Å²) in [7, 11) is 0. The summed E-state index contributed by atoms with van der Waals surface area (Å²) in [5.74, 6) is 0.911. The Kier molecular flexibility index (Phi) is 6.83. The predicted octanol–water partition coefficient (Wildman–Crippen LogP) is 4.68. The third kappa shape index (κ3) is 4.41. The van der Waals surface area contributed by atoms with Crippen LogP contribution >= 0.6 is 0 Å². The number of nitrogens with zero attached hydrogens (tertiary/aromatic N) is 1. The highest BCUT2D eigenvalue weighted by Gasteiger charge is 2.21. The number of hydrogen-bond acceptors (Lipinski definition) is 4. The van der Waals surface area contributed by atoms with Gasteiger partial charge in [-0.15, -0.1) is 0 Å². The summed E-state index contributed by atoms with van der Waals surface area (Å²) in [6.45, 7) is 5.59. The number of aryl methyl sites for hydroxylation is 1. The average Bonchev–Trinajstić information content (AvgIpc) is 3.01. The number of phenols is 2. The van der Waals surface area contributed by atoms with E-state index in [1.807, 2.05) is 24.3 Å². The Morgan fingerprint density at radius 2 is 1.59 bits per heavy atom. The number of rotatable bonds is 9. The molecule has 0 aliphatic carbocycles. The lowest BCUT2D eigenvalue weighted by Crippen LogP contribution is -2.23. The highest BCUT2D eigenvalue weighted by Crippen LogP contribution is 2.39. The van der Waals surface area contributed by atoms with Gasteiger partial charge < -0.3 is 26.2 Å². The molecule has 0 spiro atoms. The van der Waals surface area contributed by atoms with Crippen LogP contribution in [-0.4, -0.2) is 27.9 Å². The summed E-state index contributed by atoms with van der Waals surface area (Å²) in [6.07, 6.45) is 4.16. The summed E-state index contributed by atoms with van der Waals surface area (Å²) in [4.78, 5) is 0. The van der Waals surface area contributed by atoms with Crippen molar-refractivity contribution in [2.24, 2.45) is 17.4 Å². The van der Waals surface area contributed by atoms with Crippen molar-refractivity contribution in [2.45, 2.75) is 45.6 Å². The number of aromatic nitrogens is 1. The van der Waals surface area contributed by atoms with Crippen LogP contribution < -0.4 is 11.5 Å². The van der Waals surface area contributed by atoms with Gasteiger partial charge in [0.2, 0.25) is 0 Å². The van der Waals surface area contributed by atoms with Crippen LogP contribution in [0.3, 0.4) is 0 Å². The second-order valence-corrected chi connectivity index (χ2v) is 7.92. The second-order valence-electron chi connectivity index (χ2n) is 7.92. The van der Waals surface area contributed by atoms with Crippen molar-refractivity contribution < 1.29 is 10.2 Å². The van der Waals surface area contributed by atoms with E-state index in [1.54, 1.807) is 18.2 Å². The van der Waals surface area contributed by atoms with Crippen LogP contribution in [0.5, 0.6) is 11.5 Å². The first-order chi connectivity index (χ1) is 14.0. The molecule has 0 aliphatic heterocycles. The quantitative estimate of drug-likeness (QED) is 0.423. The monoisotopic (exact) mass is 395 g/mol. The van der Waals surface area contributed by atoms with Crippen LogP contribution in [0.4, 0.5) is 0 Å². The Bertz CT molecular complexity index is 943. The number of nitrogens with two attached hydrogens (primary N) is 2. The molecule has 1 aromatic heterocycles. The van der Waals surface area contributed by atoms with Crippen molar-refractivity contribution >= 4 is 10.9 Å². The molecule has 3 rings (SSSR count). The third-order valence-corrected chi connectivity index (χ3v) is 6.03. The van der Waals surface area contributed by atoms with E-state index in [2.05, 4.69) is 18.4 Å². The molecule has 0 saturated heterocycles. The maximum atomic E-state index is 10.0. The van der Waals surface area contributed by atoms with Gasteiger partial charge in [-0.2, -0.15) is 0 Å². The van der Waals surface area contributed by atoms with E-state index < -0.39 is 0 Å². The van der Waals surface area contributed by atoms with E-state index in [-0.39, 0.29) is 11.5 Å². The van der Waals surface area contributed by atoms with Crippen LogP contribution in [-0.2, 0) is 0 Å². The molecular weight excluding hydrogens is 362 g/mol. The van der Waals surface area contributed by atoms with Gasteiger partial charge in [0.15, 0.2) is 0 Å². The molecule has 156 valence electrons. The van der Waals surface area contributed by atoms with Gasteiger partial charge in [0, 0.05) is 16.9 Å². The maximum Gasteiger partial charge on any atom is 0.116 e. The van der Waals surface area contributed by atoms with Crippen LogP contribution in [0.1, 0.15) is 44.2 Å². The van der Waals surface area contributed by atoms with Crippen LogP contribution in [0, 0.1) is 12.8 Å². The fourth-order valence-corrected chi connectivity index (χ4v) is 4.31. The second kappa shape index (κ2) is 9.33. The number of phenolic OH excluding ortho intramolecular Hbond substituents is 2.